The minimum atomic E-state index is -0.881. The Morgan fingerprint density at radius 3 is 1.96 bits per heavy atom. The lowest BCUT2D eigenvalue weighted by Gasteiger charge is -2.18. The van der Waals surface area contributed by atoms with Crippen molar-refractivity contribution in [2.45, 2.75) is 33.3 Å². The standard InChI is InChI=1S/C21H22O3/c1-13-4-8-16(9-5-13)19(22)20(17-10-6-14(2)7-11-17)24-21(23)18-12-15(18)3/h4-11,15,18,20H,12H2,1-3H3/t15-,18-,20-/m0/s1. The highest BCUT2D eigenvalue weighted by Crippen LogP contribution is 2.40. The maximum absolute atomic E-state index is 12.9. The SMILES string of the molecule is Cc1ccc(C(=O)[C@@H](OC(=O)[C@H]2C[C@@H]2C)c2ccc(C)cc2)cc1. The second-order valence-corrected chi connectivity index (χ2v) is 6.78. The molecule has 1 aliphatic carbocycles. The molecule has 24 heavy (non-hydrogen) atoms. The van der Waals surface area contributed by atoms with Crippen LogP contribution < -0.4 is 0 Å². The molecule has 3 heteroatoms. The summed E-state index contributed by atoms with van der Waals surface area (Å²) in [5.41, 5.74) is 3.46. The molecule has 0 saturated heterocycles. The summed E-state index contributed by atoms with van der Waals surface area (Å²) in [5, 5.41) is 0. The molecule has 0 aliphatic heterocycles. The number of aryl methyl sites for hydroxylation is 2. The average molecular weight is 322 g/mol. The van der Waals surface area contributed by atoms with Gasteiger partial charge in [-0.3, -0.25) is 9.59 Å². The zero-order chi connectivity index (χ0) is 17.3. The first-order chi connectivity index (χ1) is 11.5. The van der Waals surface area contributed by atoms with Crippen LogP contribution in [0.25, 0.3) is 0 Å². The molecule has 0 N–H and O–H groups in total. The van der Waals surface area contributed by atoms with Gasteiger partial charge in [0, 0.05) is 11.1 Å². The Kier molecular flexibility index (Phi) is 4.52. The highest BCUT2D eigenvalue weighted by Gasteiger charge is 2.42. The fourth-order valence-corrected chi connectivity index (χ4v) is 2.74. The molecule has 3 nitrogen and oxygen atoms in total. The first-order valence-corrected chi connectivity index (χ1v) is 8.33. The van der Waals surface area contributed by atoms with E-state index in [1.165, 1.54) is 0 Å². The van der Waals surface area contributed by atoms with Crippen molar-refractivity contribution < 1.29 is 14.3 Å². The van der Waals surface area contributed by atoms with Crippen LogP contribution in [-0.2, 0) is 9.53 Å². The quantitative estimate of drug-likeness (QED) is 0.604. The lowest BCUT2D eigenvalue weighted by Crippen LogP contribution is -2.21. The number of rotatable bonds is 5. The van der Waals surface area contributed by atoms with Gasteiger partial charge in [-0.1, -0.05) is 66.6 Å². The molecular formula is C21H22O3. The maximum atomic E-state index is 12.9. The lowest BCUT2D eigenvalue weighted by molar-refractivity contribution is -0.149. The minimum Gasteiger partial charge on any atom is -0.449 e. The third kappa shape index (κ3) is 3.56. The average Bonchev–Trinajstić information content (AvgIpc) is 3.30. The molecular weight excluding hydrogens is 300 g/mol. The molecule has 1 fully saturated rings. The van der Waals surface area contributed by atoms with Crippen molar-refractivity contribution in [1.29, 1.82) is 0 Å². The third-order valence-electron chi connectivity index (χ3n) is 4.60. The van der Waals surface area contributed by atoms with Gasteiger partial charge in [0.15, 0.2) is 6.10 Å². The smallest absolute Gasteiger partial charge is 0.310 e. The first-order valence-electron chi connectivity index (χ1n) is 8.33. The van der Waals surface area contributed by atoms with E-state index in [0.29, 0.717) is 17.0 Å². The van der Waals surface area contributed by atoms with Crippen molar-refractivity contribution in [3.8, 4) is 0 Å². The number of carbonyl (C=O) groups excluding carboxylic acids is 2. The second kappa shape index (κ2) is 6.60. The largest absolute Gasteiger partial charge is 0.449 e. The molecule has 0 bridgehead atoms. The molecule has 2 aromatic carbocycles. The second-order valence-electron chi connectivity index (χ2n) is 6.78. The van der Waals surface area contributed by atoms with Crippen LogP contribution in [0.2, 0.25) is 0 Å². The van der Waals surface area contributed by atoms with E-state index in [2.05, 4.69) is 0 Å². The van der Waals surface area contributed by atoms with E-state index in [-0.39, 0.29) is 17.7 Å². The van der Waals surface area contributed by atoms with Crippen molar-refractivity contribution in [1.82, 2.24) is 0 Å². The van der Waals surface area contributed by atoms with Crippen molar-refractivity contribution >= 4 is 11.8 Å². The van der Waals surface area contributed by atoms with E-state index < -0.39 is 6.10 Å². The Hall–Kier alpha value is -2.42. The molecule has 0 aromatic heterocycles. The molecule has 1 saturated carbocycles. The maximum Gasteiger partial charge on any atom is 0.310 e. The van der Waals surface area contributed by atoms with Gasteiger partial charge in [0.25, 0.3) is 0 Å². The van der Waals surface area contributed by atoms with E-state index in [4.69, 9.17) is 4.74 Å². The molecule has 124 valence electrons. The monoisotopic (exact) mass is 322 g/mol. The number of esters is 1. The third-order valence-corrected chi connectivity index (χ3v) is 4.60. The highest BCUT2D eigenvalue weighted by molar-refractivity contribution is 6.01. The zero-order valence-corrected chi connectivity index (χ0v) is 14.3. The Bertz CT molecular complexity index is 744. The summed E-state index contributed by atoms with van der Waals surface area (Å²) >= 11 is 0. The van der Waals surface area contributed by atoms with Gasteiger partial charge in [-0.15, -0.1) is 0 Å². The fraction of sp³-hybridized carbons (Fsp3) is 0.333. The molecule has 0 spiro atoms. The molecule has 0 amide bonds. The van der Waals surface area contributed by atoms with Crippen LogP contribution in [0, 0.1) is 25.7 Å². The van der Waals surface area contributed by atoms with Crippen molar-refractivity contribution in [3.05, 3.63) is 70.8 Å². The van der Waals surface area contributed by atoms with Crippen molar-refractivity contribution in [3.63, 3.8) is 0 Å². The number of ether oxygens (including phenoxy) is 1. The highest BCUT2D eigenvalue weighted by atomic mass is 16.5. The number of benzene rings is 2. The number of hydrogen-bond acceptors (Lipinski definition) is 3. The van der Waals surface area contributed by atoms with Crippen LogP contribution in [0.15, 0.2) is 48.5 Å². The van der Waals surface area contributed by atoms with Gasteiger partial charge in [0.2, 0.25) is 5.78 Å². The van der Waals surface area contributed by atoms with Crippen LogP contribution >= 0.6 is 0 Å². The van der Waals surface area contributed by atoms with E-state index in [1.54, 1.807) is 12.1 Å². The predicted octanol–water partition coefficient (Wildman–Crippen LogP) is 4.43. The summed E-state index contributed by atoms with van der Waals surface area (Å²) in [6.45, 7) is 5.98. The van der Waals surface area contributed by atoms with Gasteiger partial charge in [-0.25, -0.2) is 0 Å². The number of ketones is 1. The Morgan fingerprint density at radius 1 is 0.958 bits per heavy atom. The number of hydrogen-bond donors (Lipinski definition) is 0. The molecule has 1 aliphatic rings. The summed E-state index contributed by atoms with van der Waals surface area (Å²) in [4.78, 5) is 25.2. The summed E-state index contributed by atoms with van der Waals surface area (Å²) in [6, 6.07) is 14.9. The molecule has 0 heterocycles. The minimum absolute atomic E-state index is 0.0660. The van der Waals surface area contributed by atoms with Crippen LogP contribution in [-0.4, -0.2) is 11.8 Å². The molecule has 3 rings (SSSR count). The Morgan fingerprint density at radius 2 is 1.46 bits per heavy atom. The normalized spacial score (nSPS) is 20.3. The summed E-state index contributed by atoms with van der Waals surface area (Å²) in [7, 11) is 0. The predicted molar refractivity (Wildman–Crippen MR) is 92.8 cm³/mol. The number of carbonyl (C=O) groups is 2. The van der Waals surface area contributed by atoms with Crippen molar-refractivity contribution in [2.75, 3.05) is 0 Å². The summed E-state index contributed by atoms with van der Waals surface area (Å²) < 4.78 is 5.63. The van der Waals surface area contributed by atoms with E-state index in [9.17, 15) is 9.59 Å². The number of Topliss-reactive ketones (excluding diaryl/α,β-unsaturated/α-hetero) is 1. The molecule has 3 atom stereocenters. The van der Waals surface area contributed by atoms with Crippen LogP contribution in [0.5, 0.6) is 0 Å². The van der Waals surface area contributed by atoms with Crippen LogP contribution in [0.4, 0.5) is 0 Å². The van der Waals surface area contributed by atoms with Gasteiger partial charge in [-0.2, -0.15) is 0 Å². The van der Waals surface area contributed by atoms with E-state index in [1.807, 2.05) is 57.2 Å². The van der Waals surface area contributed by atoms with Gasteiger partial charge < -0.3 is 4.74 Å². The topological polar surface area (TPSA) is 43.4 Å². The van der Waals surface area contributed by atoms with Crippen LogP contribution in [0.1, 0.15) is 46.5 Å². The van der Waals surface area contributed by atoms with Crippen molar-refractivity contribution in [2.24, 2.45) is 11.8 Å². The lowest BCUT2D eigenvalue weighted by atomic mass is 9.98. The van der Waals surface area contributed by atoms with Gasteiger partial charge in [0.1, 0.15) is 0 Å². The molecule has 2 aromatic rings. The van der Waals surface area contributed by atoms with Gasteiger partial charge in [0.05, 0.1) is 5.92 Å². The Balaban J connectivity index is 1.88. The zero-order valence-electron chi connectivity index (χ0n) is 14.3. The molecule has 0 unspecified atom stereocenters. The fourth-order valence-electron chi connectivity index (χ4n) is 2.74. The van der Waals surface area contributed by atoms with Gasteiger partial charge >= 0.3 is 5.97 Å². The van der Waals surface area contributed by atoms with E-state index in [0.717, 1.165) is 17.5 Å². The van der Waals surface area contributed by atoms with E-state index >= 15 is 0 Å². The molecule has 0 radical (unpaired) electrons. The summed E-state index contributed by atoms with van der Waals surface area (Å²) in [6.07, 6.45) is -0.0355. The van der Waals surface area contributed by atoms with Gasteiger partial charge in [-0.05, 0) is 26.2 Å². The van der Waals surface area contributed by atoms with Crippen LogP contribution in [0.3, 0.4) is 0 Å². The summed E-state index contributed by atoms with van der Waals surface area (Å²) in [5.74, 6) is -0.163. The Labute approximate surface area is 142 Å². The first kappa shape index (κ1) is 16.4.